The topological polar surface area (TPSA) is 112 Å². The number of aliphatic hydroxyl groups is 1. The number of rotatable bonds is 6. The summed E-state index contributed by atoms with van der Waals surface area (Å²) in [5.41, 5.74) is 2.30. The number of aromatic nitrogens is 3. The van der Waals surface area contributed by atoms with Crippen LogP contribution in [0.2, 0.25) is 0 Å². The Hall–Kier alpha value is -3.13. The smallest absolute Gasteiger partial charge is 0.255 e. The van der Waals surface area contributed by atoms with E-state index in [1.807, 2.05) is 18.2 Å². The Morgan fingerprint density at radius 3 is 2.70 bits per heavy atom. The molecular weight excluding hydrogens is 346 g/mol. The zero-order valence-corrected chi connectivity index (χ0v) is 15.5. The SMILES string of the molecule is CC(O)CNc1nccn2c(-c3ccc(C(=O)NC(C)C)c(O)c3)cnc12. The lowest BCUT2D eigenvalue weighted by Crippen LogP contribution is -2.30. The monoisotopic (exact) mass is 369 g/mol. The Kier molecular flexibility index (Phi) is 5.27. The number of aromatic hydroxyl groups is 1. The predicted molar refractivity (Wildman–Crippen MR) is 103 cm³/mol. The minimum Gasteiger partial charge on any atom is -0.507 e. The molecule has 8 nitrogen and oxygen atoms in total. The second-order valence-corrected chi connectivity index (χ2v) is 6.70. The highest BCUT2D eigenvalue weighted by atomic mass is 16.3. The molecule has 0 radical (unpaired) electrons. The molecule has 8 heteroatoms. The van der Waals surface area contributed by atoms with Crippen molar-refractivity contribution in [3.05, 3.63) is 42.4 Å². The fourth-order valence-corrected chi connectivity index (χ4v) is 2.72. The molecule has 4 N–H and O–H groups in total. The summed E-state index contributed by atoms with van der Waals surface area (Å²) in [5.74, 6) is 0.143. The highest BCUT2D eigenvalue weighted by Gasteiger charge is 2.15. The van der Waals surface area contributed by atoms with Crippen LogP contribution in [0.15, 0.2) is 36.8 Å². The quantitative estimate of drug-likeness (QED) is 0.529. The first kappa shape index (κ1) is 18.7. The number of nitrogens with zero attached hydrogens (tertiary/aromatic N) is 3. The van der Waals surface area contributed by atoms with Crippen molar-refractivity contribution < 1.29 is 15.0 Å². The molecule has 27 heavy (non-hydrogen) atoms. The van der Waals surface area contributed by atoms with Crippen LogP contribution in [0.25, 0.3) is 16.9 Å². The van der Waals surface area contributed by atoms with Gasteiger partial charge in [-0.25, -0.2) is 9.97 Å². The minimum absolute atomic E-state index is 0.0181. The number of phenolic OH excluding ortho intramolecular Hbond substituents is 1. The average Bonchev–Trinajstić information content (AvgIpc) is 3.03. The Morgan fingerprint density at radius 1 is 1.26 bits per heavy atom. The van der Waals surface area contributed by atoms with Crippen LogP contribution in [0.5, 0.6) is 5.75 Å². The van der Waals surface area contributed by atoms with Gasteiger partial charge in [-0.1, -0.05) is 6.07 Å². The minimum atomic E-state index is -0.511. The molecule has 1 aromatic carbocycles. The number of hydrogen-bond acceptors (Lipinski definition) is 6. The third-order valence-corrected chi connectivity index (χ3v) is 3.95. The number of nitrogens with one attached hydrogen (secondary N) is 2. The molecule has 0 fully saturated rings. The molecule has 0 bridgehead atoms. The van der Waals surface area contributed by atoms with E-state index in [2.05, 4.69) is 20.6 Å². The second-order valence-electron chi connectivity index (χ2n) is 6.70. The van der Waals surface area contributed by atoms with Crippen molar-refractivity contribution in [3.63, 3.8) is 0 Å². The van der Waals surface area contributed by atoms with E-state index in [4.69, 9.17) is 0 Å². The molecule has 142 valence electrons. The van der Waals surface area contributed by atoms with Crippen LogP contribution in [0.4, 0.5) is 5.82 Å². The van der Waals surface area contributed by atoms with E-state index in [1.165, 1.54) is 0 Å². The van der Waals surface area contributed by atoms with Gasteiger partial charge in [0.15, 0.2) is 11.5 Å². The maximum absolute atomic E-state index is 12.1. The fourth-order valence-electron chi connectivity index (χ4n) is 2.72. The molecule has 0 spiro atoms. The van der Waals surface area contributed by atoms with E-state index in [-0.39, 0.29) is 23.3 Å². The van der Waals surface area contributed by atoms with Gasteiger partial charge < -0.3 is 20.8 Å². The number of hydrogen-bond donors (Lipinski definition) is 4. The van der Waals surface area contributed by atoms with E-state index >= 15 is 0 Å². The first-order valence-electron chi connectivity index (χ1n) is 8.75. The van der Waals surface area contributed by atoms with E-state index in [1.54, 1.807) is 43.7 Å². The van der Waals surface area contributed by atoms with Gasteiger partial charge in [-0.15, -0.1) is 0 Å². The van der Waals surface area contributed by atoms with Crippen molar-refractivity contribution in [3.8, 4) is 17.0 Å². The average molecular weight is 369 g/mol. The van der Waals surface area contributed by atoms with Crippen LogP contribution in [-0.2, 0) is 0 Å². The molecule has 1 amide bonds. The molecule has 0 saturated heterocycles. The Balaban J connectivity index is 1.95. The molecule has 2 aromatic heterocycles. The molecule has 0 aliphatic heterocycles. The summed E-state index contributed by atoms with van der Waals surface area (Å²) in [6.07, 6.45) is 4.56. The Bertz CT molecular complexity index is 965. The number of benzene rings is 1. The lowest BCUT2D eigenvalue weighted by atomic mass is 10.1. The molecule has 2 heterocycles. The third-order valence-electron chi connectivity index (χ3n) is 3.95. The zero-order valence-electron chi connectivity index (χ0n) is 15.5. The first-order chi connectivity index (χ1) is 12.9. The summed E-state index contributed by atoms with van der Waals surface area (Å²) in [6, 6.07) is 4.88. The summed E-state index contributed by atoms with van der Waals surface area (Å²) >= 11 is 0. The number of anilines is 1. The number of phenols is 1. The molecule has 0 saturated carbocycles. The number of carbonyl (C=O) groups is 1. The molecule has 0 aliphatic rings. The Morgan fingerprint density at radius 2 is 2.04 bits per heavy atom. The van der Waals surface area contributed by atoms with Crippen LogP contribution < -0.4 is 10.6 Å². The maximum Gasteiger partial charge on any atom is 0.255 e. The van der Waals surface area contributed by atoms with Gasteiger partial charge in [0.2, 0.25) is 0 Å². The van der Waals surface area contributed by atoms with E-state index in [9.17, 15) is 15.0 Å². The van der Waals surface area contributed by atoms with E-state index in [0.29, 0.717) is 23.6 Å². The number of fused-ring (bicyclic) bond motifs is 1. The van der Waals surface area contributed by atoms with Gasteiger partial charge >= 0.3 is 0 Å². The summed E-state index contributed by atoms with van der Waals surface area (Å²) in [6.45, 7) is 5.76. The van der Waals surface area contributed by atoms with Gasteiger partial charge in [0.1, 0.15) is 5.75 Å². The largest absolute Gasteiger partial charge is 0.507 e. The van der Waals surface area contributed by atoms with Gasteiger partial charge in [-0.05, 0) is 32.9 Å². The van der Waals surface area contributed by atoms with Crippen molar-refractivity contribution in [1.82, 2.24) is 19.7 Å². The van der Waals surface area contributed by atoms with Gasteiger partial charge in [0.05, 0.1) is 23.6 Å². The number of carbonyl (C=O) groups excluding carboxylic acids is 1. The molecule has 3 aromatic rings. The van der Waals surface area contributed by atoms with Crippen molar-refractivity contribution in [1.29, 1.82) is 0 Å². The van der Waals surface area contributed by atoms with E-state index in [0.717, 1.165) is 5.69 Å². The normalized spacial score (nSPS) is 12.3. The molecule has 3 rings (SSSR count). The molecular formula is C19H23N5O3. The fraction of sp³-hybridized carbons (Fsp3) is 0.316. The van der Waals surface area contributed by atoms with Crippen LogP contribution >= 0.6 is 0 Å². The molecule has 0 aliphatic carbocycles. The van der Waals surface area contributed by atoms with Gasteiger partial charge in [-0.3, -0.25) is 9.20 Å². The summed E-state index contributed by atoms with van der Waals surface area (Å²) in [7, 11) is 0. The van der Waals surface area contributed by atoms with Crippen LogP contribution in [0, 0.1) is 0 Å². The van der Waals surface area contributed by atoms with Crippen molar-refractivity contribution >= 4 is 17.4 Å². The zero-order chi connectivity index (χ0) is 19.6. The third kappa shape index (κ3) is 4.01. The molecule has 1 unspecified atom stereocenters. The van der Waals surface area contributed by atoms with Crippen LogP contribution in [0.1, 0.15) is 31.1 Å². The highest BCUT2D eigenvalue weighted by Crippen LogP contribution is 2.28. The highest BCUT2D eigenvalue weighted by molar-refractivity contribution is 5.97. The second kappa shape index (κ2) is 7.63. The number of aliphatic hydroxyl groups excluding tert-OH is 1. The van der Waals surface area contributed by atoms with Crippen molar-refractivity contribution in [2.75, 3.05) is 11.9 Å². The van der Waals surface area contributed by atoms with E-state index < -0.39 is 6.10 Å². The summed E-state index contributed by atoms with van der Waals surface area (Å²) < 4.78 is 1.83. The Labute approximate surface area is 156 Å². The number of amides is 1. The van der Waals surface area contributed by atoms with Crippen LogP contribution in [0.3, 0.4) is 0 Å². The van der Waals surface area contributed by atoms with Gasteiger partial charge in [0, 0.05) is 30.5 Å². The molecule has 1 atom stereocenters. The maximum atomic E-state index is 12.1. The van der Waals surface area contributed by atoms with Gasteiger partial charge in [-0.2, -0.15) is 0 Å². The summed E-state index contributed by atoms with van der Waals surface area (Å²) in [4.78, 5) is 20.8. The lowest BCUT2D eigenvalue weighted by molar-refractivity contribution is 0.0940. The van der Waals surface area contributed by atoms with Crippen molar-refractivity contribution in [2.45, 2.75) is 32.9 Å². The van der Waals surface area contributed by atoms with Crippen LogP contribution in [-0.4, -0.2) is 49.2 Å². The number of imidazole rings is 1. The van der Waals surface area contributed by atoms with Gasteiger partial charge in [0.25, 0.3) is 5.91 Å². The standard InChI is InChI=1S/C19H23N5O3/c1-11(2)23-19(27)14-5-4-13(8-16(14)26)15-10-22-18-17(21-9-12(3)25)20-6-7-24(15)18/h4-8,10-12,25-26H,9H2,1-3H3,(H,20,21)(H,23,27). The first-order valence-corrected chi connectivity index (χ1v) is 8.75. The lowest BCUT2D eigenvalue weighted by Gasteiger charge is -2.11. The summed E-state index contributed by atoms with van der Waals surface area (Å²) in [5, 5.41) is 25.6. The predicted octanol–water partition coefficient (Wildman–Crippen LogP) is 2.03. The van der Waals surface area contributed by atoms with Crippen molar-refractivity contribution in [2.24, 2.45) is 0 Å².